The minimum Gasteiger partial charge on any atom is -0.337 e. The summed E-state index contributed by atoms with van der Waals surface area (Å²) in [5, 5.41) is 14.9. The number of hydrogen-bond donors (Lipinski definition) is 0. The van der Waals surface area contributed by atoms with Crippen LogP contribution >= 0.6 is 0 Å². The molecule has 1 aliphatic heterocycles. The molecule has 1 saturated heterocycles. The van der Waals surface area contributed by atoms with Crippen molar-refractivity contribution in [2.45, 2.75) is 58.0 Å². The Morgan fingerprint density at radius 2 is 2.35 bits per heavy atom. The van der Waals surface area contributed by atoms with E-state index in [0.717, 1.165) is 25.7 Å². The summed E-state index contributed by atoms with van der Waals surface area (Å²) in [5.74, 6) is 1.46. The smallest absolute Gasteiger partial charge is 0.249 e. The Balaban J connectivity index is 1.75. The molecular weight excluding hydrogens is 298 g/mol. The number of likely N-dealkylation sites (tertiary alicyclic amines) is 1. The van der Waals surface area contributed by atoms with Gasteiger partial charge in [0.1, 0.15) is 18.9 Å². The highest BCUT2D eigenvalue weighted by atomic mass is 16.5. The molecule has 0 N–H and O–H groups in total. The number of amides is 1. The van der Waals surface area contributed by atoms with Gasteiger partial charge in [0.25, 0.3) is 0 Å². The number of carbonyl (C=O) groups excluding carboxylic acids is 1. The predicted molar refractivity (Wildman–Crippen MR) is 79.1 cm³/mol. The SMILES string of the molecule is CCC(C)c1noc(C2CCCCN2C(=O)Cn2cnnn2)n1. The normalized spacial score (nSPS) is 19.7. The van der Waals surface area contributed by atoms with Crippen LogP contribution in [-0.4, -0.2) is 47.7 Å². The molecule has 0 saturated carbocycles. The summed E-state index contributed by atoms with van der Waals surface area (Å²) >= 11 is 0. The first-order valence-corrected chi connectivity index (χ1v) is 8.02. The van der Waals surface area contributed by atoms with Crippen molar-refractivity contribution in [3.8, 4) is 0 Å². The predicted octanol–water partition coefficient (Wildman–Crippen LogP) is 1.32. The summed E-state index contributed by atoms with van der Waals surface area (Å²) in [6.45, 7) is 4.96. The molecule has 3 rings (SSSR count). The Labute approximate surface area is 134 Å². The van der Waals surface area contributed by atoms with Crippen molar-refractivity contribution in [2.24, 2.45) is 0 Å². The molecule has 1 amide bonds. The van der Waals surface area contributed by atoms with Crippen molar-refractivity contribution >= 4 is 5.91 Å². The van der Waals surface area contributed by atoms with Gasteiger partial charge in [-0.1, -0.05) is 19.0 Å². The first-order chi connectivity index (χ1) is 11.2. The van der Waals surface area contributed by atoms with Crippen molar-refractivity contribution in [2.75, 3.05) is 6.54 Å². The van der Waals surface area contributed by atoms with E-state index in [1.165, 1.54) is 11.0 Å². The summed E-state index contributed by atoms with van der Waals surface area (Å²) in [5.41, 5.74) is 0. The summed E-state index contributed by atoms with van der Waals surface area (Å²) in [6, 6.07) is -0.155. The average molecular weight is 319 g/mol. The molecule has 2 aromatic rings. The number of hydrogen-bond acceptors (Lipinski definition) is 7. The standard InChI is InChI=1S/C14H21N7O2/c1-3-10(2)13-16-14(23-17-13)11-6-4-5-7-21(11)12(22)8-20-9-15-18-19-20/h9-11H,3-8H2,1-2H3. The van der Waals surface area contributed by atoms with Crippen LogP contribution in [0.2, 0.25) is 0 Å². The van der Waals surface area contributed by atoms with Crippen LogP contribution in [-0.2, 0) is 11.3 Å². The van der Waals surface area contributed by atoms with Gasteiger partial charge in [0.2, 0.25) is 11.8 Å². The minimum atomic E-state index is -0.155. The maximum atomic E-state index is 12.6. The largest absolute Gasteiger partial charge is 0.337 e. The second-order valence-electron chi connectivity index (χ2n) is 5.91. The molecule has 2 unspecified atom stereocenters. The molecule has 3 heterocycles. The molecule has 124 valence electrons. The Morgan fingerprint density at radius 3 is 3.09 bits per heavy atom. The zero-order valence-corrected chi connectivity index (χ0v) is 13.4. The minimum absolute atomic E-state index is 0.0368. The number of nitrogens with zero attached hydrogens (tertiary/aromatic N) is 7. The Hall–Kier alpha value is -2.32. The topological polar surface area (TPSA) is 103 Å². The number of carbonyl (C=O) groups is 1. The van der Waals surface area contributed by atoms with Gasteiger partial charge in [0.15, 0.2) is 5.82 Å². The fourth-order valence-electron chi connectivity index (χ4n) is 2.73. The van der Waals surface area contributed by atoms with Crippen LogP contribution in [0.4, 0.5) is 0 Å². The van der Waals surface area contributed by atoms with Gasteiger partial charge in [-0.3, -0.25) is 4.79 Å². The lowest BCUT2D eigenvalue weighted by atomic mass is 10.0. The molecule has 2 aromatic heterocycles. The van der Waals surface area contributed by atoms with Crippen molar-refractivity contribution in [3.05, 3.63) is 18.0 Å². The van der Waals surface area contributed by atoms with Crippen molar-refractivity contribution < 1.29 is 9.32 Å². The molecule has 0 bridgehead atoms. The molecule has 9 heteroatoms. The quantitative estimate of drug-likeness (QED) is 0.818. The van der Waals surface area contributed by atoms with Gasteiger partial charge < -0.3 is 9.42 Å². The summed E-state index contributed by atoms with van der Waals surface area (Å²) in [4.78, 5) is 18.9. The van der Waals surface area contributed by atoms with Gasteiger partial charge >= 0.3 is 0 Å². The van der Waals surface area contributed by atoms with Crippen LogP contribution in [0.25, 0.3) is 0 Å². The summed E-state index contributed by atoms with van der Waals surface area (Å²) in [7, 11) is 0. The molecule has 0 aliphatic carbocycles. The van der Waals surface area contributed by atoms with E-state index in [-0.39, 0.29) is 24.4 Å². The first kappa shape index (κ1) is 15.6. The molecule has 1 fully saturated rings. The highest BCUT2D eigenvalue weighted by Crippen LogP contribution is 2.31. The van der Waals surface area contributed by atoms with Gasteiger partial charge in [-0.15, -0.1) is 5.10 Å². The van der Waals surface area contributed by atoms with E-state index in [1.54, 1.807) is 4.90 Å². The van der Waals surface area contributed by atoms with Crippen LogP contribution in [0.15, 0.2) is 10.9 Å². The van der Waals surface area contributed by atoms with E-state index in [0.29, 0.717) is 18.3 Å². The monoisotopic (exact) mass is 319 g/mol. The van der Waals surface area contributed by atoms with Gasteiger partial charge in [-0.05, 0) is 36.1 Å². The van der Waals surface area contributed by atoms with Gasteiger partial charge in [-0.2, -0.15) is 4.98 Å². The third kappa shape index (κ3) is 3.38. The van der Waals surface area contributed by atoms with Gasteiger partial charge in [-0.25, -0.2) is 4.68 Å². The van der Waals surface area contributed by atoms with Crippen LogP contribution in [0, 0.1) is 0 Å². The fraction of sp³-hybridized carbons (Fsp3) is 0.714. The molecule has 0 aromatic carbocycles. The molecule has 0 spiro atoms. The maximum Gasteiger partial charge on any atom is 0.249 e. The first-order valence-electron chi connectivity index (χ1n) is 8.02. The molecule has 1 aliphatic rings. The van der Waals surface area contributed by atoms with E-state index < -0.39 is 0 Å². The van der Waals surface area contributed by atoms with Crippen molar-refractivity contribution in [1.29, 1.82) is 0 Å². The van der Waals surface area contributed by atoms with Crippen LogP contribution < -0.4 is 0 Å². The molecule has 9 nitrogen and oxygen atoms in total. The molecule has 0 radical (unpaired) electrons. The van der Waals surface area contributed by atoms with Crippen LogP contribution in [0.1, 0.15) is 63.2 Å². The lowest BCUT2D eigenvalue weighted by Crippen LogP contribution is -2.40. The summed E-state index contributed by atoms with van der Waals surface area (Å²) < 4.78 is 6.86. The Morgan fingerprint density at radius 1 is 1.48 bits per heavy atom. The molecular formula is C14H21N7O2. The fourth-order valence-corrected chi connectivity index (χ4v) is 2.73. The van der Waals surface area contributed by atoms with Gasteiger partial charge in [0.05, 0.1) is 0 Å². The second-order valence-corrected chi connectivity index (χ2v) is 5.91. The second kappa shape index (κ2) is 6.84. The average Bonchev–Trinajstić information content (AvgIpc) is 3.25. The van der Waals surface area contributed by atoms with E-state index in [4.69, 9.17) is 4.52 Å². The van der Waals surface area contributed by atoms with E-state index in [2.05, 4.69) is 39.5 Å². The number of tetrazole rings is 1. The highest BCUT2D eigenvalue weighted by Gasteiger charge is 2.32. The summed E-state index contributed by atoms with van der Waals surface area (Å²) in [6.07, 6.45) is 5.24. The van der Waals surface area contributed by atoms with E-state index >= 15 is 0 Å². The molecule has 2 atom stereocenters. The highest BCUT2D eigenvalue weighted by molar-refractivity contribution is 5.76. The lowest BCUT2D eigenvalue weighted by molar-refractivity contribution is -0.136. The van der Waals surface area contributed by atoms with Crippen LogP contribution in [0.5, 0.6) is 0 Å². The lowest BCUT2D eigenvalue weighted by Gasteiger charge is -2.33. The molecule has 23 heavy (non-hydrogen) atoms. The van der Waals surface area contributed by atoms with E-state index in [1.807, 2.05) is 0 Å². The zero-order valence-electron chi connectivity index (χ0n) is 13.4. The van der Waals surface area contributed by atoms with Crippen molar-refractivity contribution in [1.82, 2.24) is 35.2 Å². The number of rotatable bonds is 5. The Bertz CT molecular complexity index is 639. The van der Waals surface area contributed by atoms with Crippen molar-refractivity contribution in [3.63, 3.8) is 0 Å². The van der Waals surface area contributed by atoms with Crippen LogP contribution in [0.3, 0.4) is 0 Å². The number of aromatic nitrogens is 6. The zero-order chi connectivity index (χ0) is 16.2. The number of piperidine rings is 1. The third-order valence-electron chi connectivity index (χ3n) is 4.31. The Kier molecular flexibility index (Phi) is 4.63. The third-order valence-corrected chi connectivity index (χ3v) is 4.31. The van der Waals surface area contributed by atoms with E-state index in [9.17, 15) is 4.79 Å². The maximum absolute atomic E-state index is 12.6. The van der Waals surface area contributed by atoms with Gasteiger partial charge in [0, 0.05) is 12.5 Å².